The summed E-state index contributed by atoms with van der Waals surface area (Å²) in [6.07, 6.45) is 0.982. The fourth-order valence-electron chi connectivity index (χ4n) is 0.392. The van der Waals surface area contributed by atoms with Crippen LogP contribution in [0.2, 0.25) is 0 Å². The van der Waals surface area contributed by atoms with Crippen LogP contribution >= 0.6 is 27.4 Å². The van der Waals surface area contributed by atoms with Gasteiger partial charge in [-0.25, -0.2) is 0 Å². The molecule has 0 rings (SSSR count). The molecule has 0 fully saturated rings. The third-order valence-corrected chi connectivity index (χ3v) is 6.24. The molecule has 0 aliphatic carbocycles. The maximum absolute atomic E-state index is 5.88. The molecular formula is C5H12ClOPS2. The Morgan fingerprint density at radius 1 is 1.60 bits per heavy atom. The molecule has 0 aliphatic rings. The summed E-state index contributed by atoms with van der Waals surface area (Å²) >= 11 is 12.4. The summed E-state index contributed by atoms with van der Waals surface area (Å²) in [5, 5.41) is 0. The van der Waals surface area contributed by atoms with Gasteiger partial charge in [0.15, 0.2) is 0 Å². The van der Waals surface area contributed by atoms with Crippen molar-refractivity contribution in [1.29, 1.82) is 0 Å². The highest BCUT2D eigenvalue weighted by atomic mass is 35.7. The van der Waals surface area contributed by atoms with Crippen LogP contribution in [0.15, 0.2) is 0 Å². The van der Waals surface area contributed by atoms with Gasteiger partial charge in [0, 0.05) is 0 Å². The van der Waals surface area contributed by atoms with Crippen LogP contribution in [-0.4, -0.2) is 12.4 Å². The Kier molecular flexibility index (Phi) is 6.57. The van der Waals surface area contributed by atoms with Crippen LogP contribution in [0.3, 0.4) is 0 Å². The van der Waals surface area contributed by atoms with E-state index in [2.05, 4.69) is 0 Å². The zero-order chi connectivity index (χ0) is 8.04. The number of rotatable bonds is 5. The highest BCUT2D eigenvalue weighted by molar-refractivity contribution is 8.76. The van der Waals surface area contributed by atoms with Crippen molar-refractivity contribution in [2.45, 2.75) is 20.3 Å². The van der Waals surface area contributed by atoms with Crippen molar-refractivity contribution in [1.82, 2.24) is 0 Å². The van der Waals surface area contributed by atoms with Gasteiger partial charge in [0.25, 0.3) is 0 Å². The molecule has 0 saturated carbocycles. The van der Waals surface area contributed by atoms with Crippen molar-refractivity contribution in [3.63, 3.8) is 0 Å². The maximum atomic E-state index is 5.88. The molecule has 0 aromatic heterocycles. The second kappa shape index (κ2) is 5.84. The molecule has 1 nitrogen and oxygen atoms in total. The fraction of sp³-hybridized carbons (Fsp3) is 1.00. The van der Waals surface area contributed by atoms with Crippen LogP contribution in [0.4, 0.5) is 0 Å². The molecule has 0 saturated heterocycles. The average molecular weight is 219 g/mol. The molecular weight excluding hydrogens is 207 g/mol. The van der Waals surface area contributed by atoms with E-state index >= 15 is 0 Å². The first kappa shape index (κ1) is 11.2. The van der Waals surface area contributed by atoms with Crippen LogP contribution < -0.4 is 0 Å². The summed E-state index contributed by atoms with van der Waals surface area (Å²) in [5.41, 5.74) is 0. The highest BCUT2D eigenvalue weighted by Crippen LogP contribution is 2.64. The first-order valence-electron chi connectivity index (χ1n) is 3.21. The third kappa shape index (κ3) is 5.99. The van der Waals surface area contributed by atoms with E-state index in [0.717, 1.165) is 12.2 Å². The Bertz CT molecular complexity index is 131. The minimum absolute atomic E-state index is 0.688. The normalized spacial score (nSPS) is 16.7. The Morgan fingerprint density at radius 3 is 2.60 bits per heavy atom. The van der Waals surface area contributed by atoms with E-state index in [4.69, 9.17) is 27.6 Å². The molecule has 1 atom stereocenters. The van der Waals surface area contributed by atoms with Gasteiger partial charge in [-0.05, 0) is 35.2 Å². The third-order valence-electron chi connectivity index (χ3n) is 0.733. The number of hydrogen-bond acceptors (Lipinski definition) is 3. The van der Waals surface area contributed by atoms with E-state index < -0.39 is 4.82 Å². The van der Waals surface area contributed by atoms with Crippen molar-refractivity contribution < 1.29 is 4.52 Å². The lowest BCUT2D eigenvalue weighted by molar-refractivity contribution is 0.365. The Hall–Kier alpha value is 1.25. The van der Waals surface area contributed by atoms with Crippen LogP contribution in [0.25, 0.3) is 0 Å². The molecule has 1 unspecified atom stereocenters. The Balaban J connectivity index is 3.53. The van der Waals surface area contributed by atoms with Gasteiger partial charge in [-0.3, -0.25) is 0 Å². The lowest BCUT2D eigenvalue weighted by Crippen LogP contribution is -1.83. The SMILES string of the molecule is CCCOP(=S)(Cl)SCC. The quantitative estimate of drug-likeness (QED) is 0.653. The molecule has 0 heterocycles. The fourth-order valence-corrected chi connectivity index (χ4v) is 4.81. The lowest BCUT2D eigenvalue weighted by Gasteiger charge is -2.11. The van der Waals surface area contributed by atoms with Gasteiger partial charge in [-0.1, -0.05) is 25.2 Å². The Labute approximate surface area is 76.5 Å². The summed E-state index contributed by atoms with van der Waals surface area (Å²) in [5.74, 6) is 0.935. The van der Waals surface area contributed by atoms with Crippen LogP contribution in [0.5, 0.6) is 0 Å². The monoisotopic (exact) mass is 218 g/mol. The van der Waals surface area contributed by atoms with Crippen molar-refractivity contribution in [3.8, 4) is 0 Å². The molecule has 0 spiro atoms. The molecule has 0 aromatic carbocycles. The van der Waals surface area contributed by atoms with Crippen LogP contribution in [0, 0.1) is 0 Å². The molecule has 5 heteroatoms. The summed E-state index contributed by atoms with van der Waals surface area (Å²) in [7, 11) is 0. The zero-order valence-electron chi connectivity index (χ0n) is 6.17. The smallest absolute Gasteiger partial charge is 0.207 e. The van der Waals surface area contributed by atoms with E-state index in [1.807, 2.05) is 13.8 Å². The van der Waals surface area contributed by atoms with E-state index in [-0.39, 0.29) is 0 Å². The van der Waals surface area contributed by atoms with Crippen molar-refractivity contribution in [2.75, 3.05) is 12.4 Å². The van der Waals surface area contributed by atoms with Crippen molar-refractivity contribution >= 4 is 39.2 Å². The lowest BCUT2D eigenvalue weighted by atomic mass is 10.5. The predicted molar refractivity (Wildman–Crippen MR) is 54.5 cm³/mol. The van der Waals surface area contributed by atoms with E-state index in [9.17, 15) is 0 Å². The molecule has 0 amide bonds. The standard InChI is InChI=1S/C5H12ClOPS2/c1-3-5-7-8(6,9)10-4-2/h3-5H2,1-2H3. The average Bonchev–Trinajstić information content (AvgIpc) is 1.84. The predicted octanol–water partition coefficient (Wildman–Crippen LogP) is 3.63. The van der Waals surface area contributed by atoms with E-state index in [1.54, 1.807) is 11.4 Å². The first-order chi connectivity index (χ1) is 4.62. The van der Waals surface area contributed by atoms with E-state index in [1.165, 1.54) is 0 Å². The summed E-state index contributed by atoms with van der Waals surface area (Å²) in [4.78, 5) is -1.99. The number of hydrogen-bond donors (Lipinski definition) is 0. The summed E-state index contributed by atoms with van der Waals surface area (Å²) in [6, 6.07) is 0. The van der Waals surface area contributed by atoms with Gasteiger partial charge in [0.1, 0.15) is 0 Å². The minimum Gasteiger partial charge on any atom is -0.330 e. The van der Waals surface area contributed by atoms with E-state index in [0.29, 0.717) is 6.61 Å². The molecule has 0 radical (unpaired) electrons. The molecule has 0 bridgehead atoms. The Morgan fingerprint density at radius 2 is 2.20 bits per heavy atom. The highest BCUT2D eigenvalue weighted by Gasteiger charge is 2.11. The zero-order valence-corrected chi connectivity index (χ0v) is 9.45. The van der Waals surface area contributed by atoms with Gasteiger partial charge < -0.3 is 4.52 Å². The van der Waals surface area contributed by atoms with Crippen LogP contribution in [0.1, 0.15) is 20.3 Å². The number of halogens is 1. The second-order valence-corrected chi connectivity index (χ2v) is 10.8. The molecule has 0 aromatic rings. The van der Waals surface area contributed by atoms with Gasteiger partial charge in [-0.2, -0.15) is 0 Å². The van der Waals surface area contributed by atoms with Gasteiger partial charge in [0.2, 0.25) is 4.82 Å². The first-order valence-corrected chi connectivity index (χ1v) is 8.42. The maximum Gasteiger partial charge on any atom is 0.207 e. The van der Waals surface area contributed by atoms with Crippen molar-refractivity contribution in [2.24, 2.45) is 0 Å². The van der Waals surface area contributed by atoms with Crippen LogP contribution in [-0.2, 0) is 16.3 Å². The summed E-state index contributed by atoms with van der Waals surface area (Å²) < 4.78 is 5.27. The summed E-state index contributed by atoms with van der Waals surface area (Å²) in [6.45, 7) is 4.76. The van der Waals surface area contributed by atoms with Crippen molar-refractivity contribution in [3.05, 3.63) is 0 Å². The largest absolute Gasteiger partial charge is 0.330 e. The van der Waals surface area contributed by atoms with Gasteiger partial charge >= 0.3 is 0 Å². The molecule has 62 valence electrons. The molecule has 0 N–H and O–H groups in total. The topological polar surface area (TPSA) is 9.23 Å². The van der Waals surface area contributed by atoms with Gasteiger partial charge in [-0.15, -0.1) is 0 Å². The van der Waals surface area contributed by atoms with Gasteiger partial charge in [0.05, 0.1) is 6.61 Å². The second-order valence-electron chi connectivity index (χ2n) is 1.68. The minimum atomic E-state index is -1.99. The molecule has 0 aliphatic heterocycles. The molecule has 10 heavy (non-hydrogen) atoms.